The Morgan fingerprint density at radius 2 is 1.92 bits per heavy atom. The van der Waals surface area contributed by atoms with Crippen molar-refractivity contribution in [1.82, 2.24) is 10.2 Å². The van der Waals surface area contributed by atoms with Crippen LogP contribution >= 0.6 is 12.4 Å². The summed E-state index contributed by atoms with van der Waals surface area (Å²) < 4.78 is 0. The number of rotatable bonds is 3. The minimum Gasteiger partial charge on any atom is -0.359 e. The van der Waals surface area contributed by atoms with Gasteiger partial charge >= 0.3 is 0 Å². The van der Waals surface area contributed by atoms with Crippen LogP contribution in [0.25, 0.3) is 0 Å². The maximum Gasteiger partial charge on any atom is 0.221 e. The number of amides is 1. The van der Waals surface area contributed by atoms with Gasteiger partial charge in [0, 0.05) is 20.0 Å². The number of hydrogen-bond donors (Lipinski definition) is 1. The van der Waals surface area contributed by atoms with Gasteiger partial charge in [-0.1, -0.05) is 6.42 Å². The Morgan fingerprint density at radius 3 is 2.46 bits per heavy atom. The lowest BCUT2D eigenvalue weighted by Gasteiger charge is -2.25. The first kappa shape index (κ1) is 12.7. The Balaban J connectivity index is 0.00000144. The van der Waals surface area contributed by atoms with Crippen molar-refractivity contribution in [2.45, 2.75) is 25.7 Å². The highest BCUT2D eigenvalue weighted by atomic mass is 35.5. The molecule has 0 spiro atoms. The number of piperidine rings is 1. The fraction of sp³-hybridized carbons (Fsp3) is 0.889. The fourth-order valence-electron chi connectivity index (χ4n) is 1.57. The minimum atomic E-state index is 0. The van der Waals surface area contributed by atoms with Crippen LogP contribution in [-0.4, -0.2) is 37.5 Å². The lowest BCUT2D eigenvalue weighted by atomic mass is 10.1. The van der Waals surface area contributed by atoms with E-state index in [0.29, 0.717) is 6.42 Å². The van der Waals surface area contributed by atoms with Crippen LogP contribution in [0.1, 0.15) is 25.7 Å². The van der Waals surface area contributed by atoms with Crippen molar-refractivity contribution in [1.29, 1.82) is 0 Å². The van der Waals surface area contributed by atoms with Gasteiger partial charge in [0.25, 0.3) is 0 Å². The van der Waals surface area contributed by atoms with Gasteiger partial charge in [-0.05, 0) is 25.9 Å². The predicted octanol–water partition coefficient (Wildman–Crippen LogP) is 1.03. The van der Waals surface area contributed by atoms with E-state index in [9.17, 15) is 4.79 Å². The molecule has 3 nitrogen and oxygen atoms in total. The largest absolute Gasteiger partial charge is 0.359 e. The summed E-state index contributed by atoms with van der Waals surface area (Å²) in [4.78, 5) is 13.3. The number of carbonyl (C=O) groups excluding carboxylic acids is 1. The van der Waals surface area contributed by atoms with E-state index in [1.54, 1.807) is 7.05 Å². The molecule has 0 saturated carbocycles. The molecule has 13 heavy (non-hydrogen) atoms. The van der Waals surface area contributed by atoms with Crippen molar-refractivity contribution in [2.75, 3.05) is 26.7 Å². The molecule has 1 heterocycles. The lowest BCUT2D eigenvalue weighted by Crippen LogP contribution is -2.33. The Hall–Kier alpha value is -0.280. The molecular formula is C9H19ClN2O. The van der Waals surface area contributed by atoms with Crippen molar-refractivity contribution < 1.29 is 4.79 Å². The summed E-state index contributed by atoms with van der Waals surface area (Å²) in [6, 6.07) is 0. The van der Waals surface area contributed by atoms with E-state index < -0.39 is 0 Å². The third-order valence-corrected chi connectivity index (χ3v) is 2.38. The fourth-order valence-corrected chi connectivity index (χ4v) is 1.57. The molecule has 0 bridgehead atoms. The molecule has 1 aliphatic rings. The molecule has 1 saturated heterocycles. The highest BCUT2D eigenvalue weighted by Gasteiger charge is 2.10. The molecule has 0 aromatic heterocycles. The van der Waals surface area contributed by atoms with Crippen molar-refractivity contribution in [3.63, 3.8) is 0 Å². The van der Waals surface area contributed by atoms with Crippen LogP contribution in [-0.2, 0) is 4.79 Å². The lowest BCUT2D eigenvalue weighted by molar-refractivity contribution is -0.120. The second-order valence-corrected chi connectivity index (χ2v) is 3.33. The maximum absolute atomic E-state index is 10.9. The molecule has 4 heteroatoms. The van der Waals surface area contributed by atoms with Gasteiger partial charge in [-0.3, -0.25) is 4.79 Å². The molecule has 0 radical (unpaired) electrons. The number of hydrogen-bond acceptors (Lipinski definition) is 2. The Labute approximate surface area is 86.3 Å². The monoisotopic (exact) mass is 206 g/mol. The number of halogens is 1. The smallest absolute Gasteiger partial charge is 0.221 e. The molecule has 0 unspecified atom stereocenters. The number of carbonyl (C=O) groups is 1. The second kappa shape index (κ2) is 7.15. The SMILES string of the molecule is CNC(=O)CCN1CCCCC1.Cl. The first-order valence-electron chi connectivity index (χ1n) is 4.76. The van der Waals surface area contributed by atoms with E-state index in [4.69, 9.17) is 0 Å². The third kappa shape index (κ3) is 5.11. The topological polar surface area (TPSA) is 32.3 Å². The summed E-state index contributed by atoms with van der Waals surface area (Å²) >= 11 is 0. The zero-order valence-corrected chi connectivity index (χ0v) is 9.03. The van der Waals surface area contributed by atoms with Crippen LogP contribution in [0.3, 0.4) is 0 Å². The molecular weight excluding hydrogens is 188 g/mol. The van der Waals surface area contributed by atoms with E-state index >= 15 is 0 Å². The quantitative estimate of drug-likeness (QED) is 0.748. The zero-order valence-electron chi connectivity index (χ0n) is 8.21. The van der Waals surface area contributed by atoms with Crippen LogP contribution in [0.4, 0.5) is 0 Å². The second-order valence-electron chi connectivity index (χ2n) is 3.33. The normalized spacial score (nSPS) is 17.6. The summed E-state index contributed by atoms with van der Waals surface area (Å²) in [5, 5.41) is 2.64. The van der Waals surface area contributed by atoms with Gasteiger partial charge in [0.2, 0.25) is 5.91 Å². The van der Waals surface area contributed by atoms with Crippen molar-refractivity contribution >= 4 is 18.3 Å². The number of likely N-dealkylation sites (tertiary alicyclic amines) is 1. The molecule has 0 aliphatic carbocycles. The summed E-state index contributed by atoms with van der Waals surface area (Å²) in [6.07, 6.45) is 4.61. The number of nitrogens with one attached hydrogen (secondary N) is 1. The van der Waals surface area contributed by atoms with Gasteiger partial charge in [-0.2, -0.15) is 0 Å². The van der Waals surface area contributed by atoms with Crippen molar-refractivity contribution in [3.05, 3.63) is 0 Å². The predicted molar refractivity (Wildman–Crippen MR) is 56.2 cm³/mol. The molecule has 0 atom stereocenters. The first-order chi connectivity index (χ1) is 5.83. The van der Waals surface area contributed by atoms with E-state index in [-0.39, 0.29) is 18.3 Å². The van der Waals surface area contributed by atoms with E-state index in [0.717, 1.165) is 6.54 Å². The van der Waals surface area contributed by atoms with Gasteiger partial charge < -0.3 is 10.2 Å². The molecule has 1 rings (SSSR count). The maximum atomic E-state index is 10.9. The Bertz CT molecular complexity index is 147. The van der Waals surface area contributed by atoms with Crippen LogP contribution < -0.4 is 5.32 Å². The van der Waals surface area contributed by atoms with Gasteiger partial charge in [0.15, 0.2) is 0 Å². The summed E-state index contributed by atoms with van der Waals surface area (Å²) in [6.45, 7) is 3.29. The highest BCUT2D eigenvalue weighted by molar-refractivity contribution is 5.85. The van der Waals surface area contributed by atoms with E-state index in [1.807, 2.05) is 0 Å². The molecule has 1 N–H and O–H groups in total. The van der Waals surface area contributed by atoms with Gasteiger partial charge in [0.1, 0.15) is 0 Å². The van der Waals surface area contributed by atoms with Crippen LogP contribution in [0.2, 0.25) is 0 Å². The van der Waals surface area contributed by atoms with Crippen molar-refractivity contribution in [3.8, 4) is 0 Å². The van der Waals surface area contributed by atoms with Gasteiger partial charge in [-0.25, -0.2) is 0 Å². The third-order valence-electron chi connectivity index (χ3n) is 2.38. The Morgan fingerprint density at radius 1 is 1.31 bits per heavy atom. The molecule has 1 aliphatic heterocycles. The summed E-state index contributed by atoms with van der Waals surface area (Å²) in [5.41, 5.74) is 0. The molecule has 1 amide bonds. The van der Waals surface area contributed by atoms with Gasteiger partial charge in [-0.15, -0.1) is 12.4 Å². The van der Waals surface area contributed by atoms with Crippen LogP contribution in [0, 0.1) is 0 Å². The summed E-state index contributed by atoms with van der Waals surface area (Å²) in [5.74, 6) is 0.153. The zero-order chi connectivity index (χ0) is 8.81. The molecule has 0 aromatic carbocycles. The Kier molecular flexibility index (Phi) is 7.00. The molecule has 0 aromatic rings. The average molecular weight is 207 g/mol. The van der Waals surface area contributed by atoms with Crippen molar-refractivity contribution in [2.24, 2.45) is 0 Å². The molecule has 1 fully saturated rings. The standard InChI is InChI=1S/C9H18N2O.ClH/c1-10-9(12)5-8-11-6-3-2-4-7-11;/h2-8H2,1H3,(H,10,12);1H. The highest BCUT2D eigenvalue weighted by Crippen LogP contribution is 2.08. The van der Waals surface area contributed by atoms with Crippen LogP contribution in [0.15, 0.2) is 0 Å². The summed E-state index contributed by atoms with van der Waals surface area (Å²) in [7, 11) is 1.69. The molecule has 78 valence electrons. The first-order valence-corrected chi connectivity index (χ1v) is 4.76. The van der Waals surface area contributed by atoms with Gasteiger partial charge in [0.05, 0.1) is 0 Å². The van der Waals surface area contributed by atoms with Crippen LogP contribution in [0.5, 0.6) is 0 Å². The minimum absolute atomic E-state index is 0. The van der Waals surface area contributed by atoms with E-state index in [2.05, 4.69) is 10.2 Å². The number of nitrogens with zero attached hydrogens (tertiary/aromatic N) is 1. The van der Waals surface area contributed by atoms with E-state index in [1.165, 1.54) is 32.4 Å². The average Bonchev–Trinajstić information content (AvgIpc) is 2.16.